The smallest absolute Gasteiger partial charge is 0.444 e. The molecule has 0 amide bonds. The normalized spacial score (nSPS) is 13.6. The highest BCUT2D eigenvalue weighted by Crippen LogP contribution is 2.21. The molecule has 8 rings (SSSR count). The van der Waals surface area contributed by atoms with E-state index < -0.39 is 32.0 Å². The number of guanidine groups is 2. The van der Waals surface area contributed by atoms with Crippen LogP contribution >= 0.6 is 0 Å². The lowest BCUT2D eigenvalue weighted by Crippen LogP contribution is -2.41. The molecule has 0 aliphatic carbocycles. The van der Waals surface area contributed by atoms with Gasteiger partial charge in [0.25, 0.3) is 0 Å². The van der Waals surface area contributed by atoms with E-state index in [2.05, 4.69) is 30.1 Å². The van der Waals surface area contributed by atoms with Crippen molar-refractivity contribution < 1.29 is 45.6 Å². The summed E-state index contributed by atoms with van der Waals surface area (Å²) in [4.78, 5) is 45.7. The van der Waals surface area contributed by atoms with Gasteiger partial charge in [-0.25, -0.2) is 45.9 Å². The third kappa shape index (κ3) is 12.8. The van der Waals surface area contributed by atoms with Gasteiger partial charge in [-0.15, -0.1) is 0 Å². The maximum absolute atomic E-state index is 12.9. The summed E-state index contributed by atoms with van der Waals surface area (Å²) in [6.45, 7) is 1.41. The fraction of sp³-hybridized carbons (Fsp3) is 0.200. The molecule has 0 radical (unpaired) electrons. The van der Waals surface area contributed by atoms with Crippen molar-refractivity contribution in [2.75, 3.05) is 51.0 Å². The van der Waals surface area contributed by atoms with Crippen LogP contribution in [0.25, 0.3) is 0 Å². The second kappa shape index (κ2) is 22.1. The van der Waals surface area contributed by atoms with Crippen molar-refractivity contribution >= 4 is 55.3 Å². The van der Waals surface area contributed by atoms with Crippen LogP contribution in [0.4, 0.5) is 11.4 Å². The third-order valence-electron chi connectivity index (χ3n) is 11.1. The van der Waals surface area contributed by atoms with Crippen LogP contribution in [0.2, 0.25) is 0 Å². The van der Waals surface area contributed by atoms with Gasteiger partial charge in [0.15, 0.2) is 0 Å². The van der Waals surface area contributed by atoms with E-state index in [0.717, 1.165) is 33.4 Å². The highest BCUT2D eigenvalue weighted by molar-refractivity contribution is 7.89. The number of nitrogens with zero attached hydrogens (tertiary/aromatic N) is 4. The lowest BCUT2D eigenvalue weighted by atomic mass is 10.0. The number of anilines is 2. The molecule has 0 fully saturated rings. The Kier molecular flexibility index (Phi) is 15.4. The molecule has 6 aromatic carbocycles. The van der Waals surface area contributed by atoms with Crippen LogP contribution in [0.3, 0.4) is 0 Å². The molecule has 2 aliphatic heterocycles. The van der Waals surface area contributed by atoms with Crippen LogP contribution in [0.1, 0.15) is 33.4 Å². The van der Waals surface area contributed by atoms with Gasteiger partial charge in [0.05, 0.1) is 50.2 Å². The molecule has 362 valence electrons. The van der Waals surface area contributed by atoms with E-state index in [1.54, 1.807) is 24.3 Å². The van der Waals surface area contributed by atoms with Gasteiger partial charge < -0.3 is 29.8 Å². The predicted octanol–water partition coefficient (Wildman–Crippen LogP) is 5.63. The van der Waals surface area contributed by atoms with E-state index in [-0.39, 0.29) is 47.9 Å². The molecule has 0 bridgehead atoms. The number of aliphatic imine (C=N–C) groups is 2. The molecule has 0 saturated heterocycles. The van der Waals surface area contributed by atoms with E-state index in [4.69, 9.17) is 19.1 Å². The maximum Gasteiger partial charge on any atom is 0.444 e. The number of sulfonamides is 2. The molecule has 2 heterocycles. The summed E-state index contributed by atoms with van der Waals surface area (Å²) in [6, 6.07) is 43.0. The Balaban J connectivity index is 0.753. The molecule has 0 aromatic heterocycles. The van der Waals surface area contributed by atoms with Crippen molar-refractivity contribution in [1.82, 2.24) is 19.6 Å². The van der Waals surface area contributed by atoms with Gasteiger partial charge in [-0.2, -0.15) is 10.1 Å². The first-order valence-electron chi connectivity index (χ1n) is 22.1. The first-order chi connectivity index (χ1) is 33.8. The van der Waals surface area contributed by atoms with Crippen LogP contribution in [0.5, 0.6) is 11.5 Å². The number of benzene rings is 6. The number of methoxy groups -OCH3 is 2. The minimum Gasteiger partial charge on any atom is -0.497 e. The van der Waals surface area contributed by atoms with Crippen LogP contribution in [0.15, 0.2) is 165 Å². The summed E-state index contributed by atoms with van der Waals surface area (Å²) in [5.74, 6) is -0.806. The van der Waals surface area contributed by atoms with E-state index in [9.17, 15) is 26.4 Å². The number of hydroxylamine groups is 4. The van der Waals surface area contributed by atoms with Crippen molar-refractivity contribution in [2.24, 2.45) is 9.98 Å². The standard InChI is InChI=1S/C50H50N8O10S2/c1-65-43-19-23-45(24-20-43)69(61,62)53-33-39-7-3-35(4-8-39)31-37-11-15-41(16-12-37)55-49-51-27-29-57(49)67-47(59)48(60)68-58-30-28-52-50(58)56-42-17-13-38(14-18-42)32-36-5-9-40(10-6-36)34-54-70(63,64)46-25-21-44(66-2)22-26-46/h3-26,53-54H,27-34H2,1-2H3,(H,51,55)(H,52,56). The van der Waals surface area contributed by atoms with Crippen LogP contribution in [0, 0.1) is 0 Å². The number of carbonyl (C=O) groups is 2. The number of rotatable bonds is 18. The Hall–Kier alpha value is -7.78. The number of hydrogen-bond acceptors (Lipinski definition) is 16. The van der Waals surface area contributed by atoms with Crippen molar-refractivity contribution in [3.63, 3.8) is 0 Å². The minimum absolute atomic E-state index is 0.143. The van der Waals surface area contributed by atoms with Crippen molar-refractivity contribution in [3.05, 3.63) is 179 Å². The number of ether oxygens (including phenoxy) is 2. The molecule has 20 heteroatoms. The molecule has 2 aliphatic rings. The average Bonchev–Trinajstić information content (AvgIpc) is 4.02. The van der Waals surface area contributed by atoms with Gasteiger partial charge in [-0.05, 0) is 119 Å². The van der Waals surface area contributed by atoms with Gasteiger partial charge >= 0.3 is 11.9 Å². The first-order valence-corrected chi connectivity index (χ1v) is 25.0. The Morgan fingerprint density at radius 2 is 0.786 bits per heavy atom. The molecule has 18 nitrogen and oxygen atoms in total. The molecule has 0 spiro atoms. The number of carbonyl (C=O) groups excluding carboxylic acids is 2. The summed E-state index contributed by atoms with van der Waals surface area (Å²) in [5.41, 5.74) is 7.14. The van der Waals surface area contributed by atoms with Crippen LogP contribution in [-0.4, -0.2) is 91.2 Å². The van der Waals surface area contributed by atoms with Gasteiger partial charge in [-0.1, -0.05) is 72.8 Å². The van der Waals surface area contributed by atoms with E-state index in [1.807, 2.05) is 97.1 Å². The molecule has 70 heavy (non-hydrogen) atoms. The quantitative estimate of drug-likeness (QED) is 0.0769. The lowest BCUT2D eigenvalue weighted by molar-refractivity contribution is -0.198. The summed E-state index contributed by atoms with van der Waals surface area (Å²) in [5, 5.41) is 8.70. The monoisotopic (exact) mass is 986 g/mol. The highest BCUT2D eigenvalue weighted by atomic mass is 32.2. The van der Waals surface area contributed by atoms with Crippen LogP contribution in [-0.2, 0) is 65.2 Å². The third-order valence-corrected chi connectivity index (χ3v) is 13.9. The molecule has 0 atom stereocenters. The van der Waals surface area contributed by atoms with Crippen LogP contribution < -0.4 is 29.6 Å². The molecule has 4 N–H and O–H groups in total. The zero-order chi connectivity index (χ0) is 49.1. The van der Waals surface area contributed by atoms with Crippen molar-refractivity contribution in [1.29, 1.82) is 0 Å². The van der Waals surface area contributed by atoms with Gasteiger partial charge in [-0.3, -0.25) is 0 Å². The Morgan fingerprint density at radius 3 is 1.11 bits per heavy atom. The largest absolute Gasteiger partial charge is 0.497 e. The average molecular weight is 987 g/mol. The Bertz CT molecular complexity index is 2850. The second-order valence-electron chi connectivity index (χ2n) is 16.0. The minimum atomic E-state index is -3.69. The summed E-state index contributed by atoms with van der Waals surface area (Å²) in [7, 11) is -4.33. The fourth-order valence-corrected chi connectivity index (χ4v) is 9.28. The lowest BCUT2D eigenvalue weighted by Gasteiger charge is -2.21. The van der Waals surface area contributed by atoms with E-state index in [1.165, 1.54) is 48.6 Å². The second-order valence-corrected chi connectivity index (χ2v) is 19.5. The van der Waals surface area contributed by atoms with Gasteiger partial charge in [0.2, 0.25) is 32.0 Å². The molecule has 6 aromatic rings. The van der Waals surface area contributed by atoms with Gasteiger partial charge in [0.1, 0.15) is 11.5 Å². The zero-order valence-corrected chi connectivity index (χ0v) is 39.8. The molecule has 0 unspecified atom stereocenters. The first kappa shape index (κ1) is 48.7. The predicted molar refractivity (Wildman–Crippen MR) is 263 cm³/mol. The zero-order valence-electron chi connectivity index (χ0n) is 38.2. The van der Waals surface area contributed by atoms with Crippen molar-refractivity contribution in [2.45, 2.75) is 35.7 Å². The topological polar surface area (TPSA) is 219 Å². The number of nitrogens with one attached hydrogen (secondary N) is 4. The fourth-order valence-electron chi connectivity index (χ4n) is 7.24. The van der Waals surface area contributed by atoms with E-state index >= 15 is 0 Å². The van der Waals surface area contributed by atoms with Gasteiger partial charge in [0, 0.05) is 24.5 Å². The summed E-state index contributed by atoms with van der Waals surface area (Å²) >= 11 is 0. The number of hydrogen-bond donors (Lipinski definition) is 4. The summed E-state index contributed by atoms with van der Waals surface area (Å²) in [6.07, 6.45) is 1.28. The Morgan fingerprint density at radius 1 is 0.471 bits per heavy atom. The van der Waals surface area contributed by atoms with E-state index in [0.29, 0.717) is 48.8 Å². The molecular formula is C50H50N8O10S2. The summed E-state index contributed by atoms with van der Waals surface area (Å²) < 4.78 is 66.4. The Labute approximate surface area is 406 Å². The highest BCUT2D eigenvalue weighted by Gasteiger charge is 2.31. The molecular weight excluding hydrogens is 937 g/mol. The molecule has 0 saturated carbocycles. The maximum atomic E-state index is 12.9. The SMILES string of the molecule is COc1ccc(S(=O)(=O)NCc2ccc(Cc3ccc(NC4=NCCN4OC(=O)C(=O)ON4CCN=C4Nc4ccc(Cc5ccc(CNS(=O)(=O)c6ccc(OC)cc6)cc5)cc4)cc3)cc2)cc1. The van der Waals surface area contributed by atoms with Crippen molar-refractivity contribution in [3.8, 4) is 11.5 Å².